The van der Waals surface area contributed by atoms with Crippen LogP contribution in [0.5, 0.6) is 0 Å². The van der Waals surface area contributed by atoms with Crippen LogP contribution in [0.1, 0.15) is 0 Å². The Morgan fingerprint density at radius 2 is 0.750 bits per heavy atom. The second kappa shape index (κ2) is 7.08. The molecule has 0 aliphatic heterocycles. The van der Waals surface area contributed by atoms with E-state index >= 15 is 0 Å². The van der Waals surface area contributed by atoms with Crippen LogP contribution in [0.2, 0.25) is 50.4 Å². The molecular weight excluding hydrogens is 276 g/mol. The smallest absolute Gasteiger partial charge is 0.0756 e. The summed E-state index contributed by atoms with van der Waals surface area (Å²) in [5, 5.41) is 0. The zero-order valence-electron chi connectivity index (χ0n) is 16.1. The number of hydrogen-bond donors (Lipinski definition) is 0. The fraction of sp³-hybridized carbons (Fsp3) is 1.00. The normalized spacial score (nSPS) is 14.7. The van der Waals surface area contributed by atoms with Crippen molar-refractivity contribution in [1.29, 1.82) is 0 Å². The molecule has 0 fully saturated rings. The quantitative estimate of drug-likeness (QED) is 0.448. The zero-order valence-corrected chi connectivity index (χ0v) is 18.1. The van der Waals surface area contributed by atoms with Gasteiger partial charge in [-0.25, -0.2) is 0 Å². The molecule has 0 aromatic heterocycles. The molecule has 0 bridgehead atoms. The van der Waals surface area contributed by atoms with Gasteiger partial charge < -0.3 is 8.97 Å². The Kier molecular flexibility index (Phi) is 7.20. The summed E-state index contributed by atoms with van der Waals surface area (Å²) in [6, 6.07) is 6.05. The number of hydrogen-bond acceptors (Lipinski definition) is 0. The van der Waals surface area contributed by atoms with Gasteiger partial charge in [0.2, 0.25) is 0 Å². The van der Waals surface area contributed by atoms with Gasteiger partial charge in [0.1, 0.15) is 0 Å². The minimum atomic E-state index is -0.984. The fourth-order valence-corrected chi connectivity index (χ4v) is 10.7. The highest BCUT2D eigenvalue weighted by Crippen LogP contribution is 2.26. The van der Waals surface area contributed by atoms with Crippen LogP contribution in [0.25, 0.3) is 0 Å². The highest BCUT2D eigenvalue weighted by molar-refractivity contribution is 6.82. The maximum absolute atomic E-state index is 2.60. The monoisotopic (exact) mass is 318 g/mol. The van der Waals surface area contributed by atoms with Crippen molar-refractivity contribution in [2.45, 2.75) is 50.4 Å². The molecular formula is C16H42N2Si2+2. The van der Waals surface area contributed by atoms with Crippen molar-refractivity contribution in [3.8, 4) is 0 Å². The summed E-state index contributed by atoms with van der Waals surface area (Å²) in [4.78, 5) is 0. The van der Waals surface area contributed by atoms with Crippen LogP contribution < -0.4 is 0 Å². The van der Waals surface area contributed by atoms with E-state index in [2.05, 4.69) is 68.5 Å². The third kappa shape index (κ3) is 12.1. The van der Waals surface area contributed by atoms with Crippen LogP contribution in [0.4, 0.5) is 0 Å². The van der Waals surface area contributed by atoms with Crippen molar-refractivity contribution in [2.24, 2.45) is 0 Å². The Balaban J connectivity index is 4.23. The first-order valence-corrected chi connectivity index (χ1v) is 15.1. The van der Waals surface area contributed by atoms with Gasteiger partial charge in [-0.2, -0.15) is 0 Å². The van der Waals surface area contributed by atoms with Crippen molar-refractivity contribution in [2.75, 3.05) is 55.4 Å². The van der Waals surface area contributed by atoms with E-state index in [1.807, 2.05) is 0 Å². The maximum atomic E-state index is 2.60. The Hall–Kier alpha value is 0.354. The van der Waals surface area contributed by atoms with Crippen LogP contribution in [0.15, 0.2) is 0 Å². The highest BCUT2D eigenvalue weighted by atomic mass is 28.3. The first-order chi connectivity index (χ1) is 8.62. The standard InChI is InChI=1S/C16H42N2Si2/c1-17(2,3)11-13-19(7,8)15-16-20(9,10)14-12-18(4,5)6/h11-16H2,1-10H3/q+2. The number of nitrogens with zero attached hydrogens (tertiary/aromatic N) is 2. The summed E-state index contributed by atoms with van der Waals surface area (Å²) in [7, 11) is 12.0. The second-order valence-electron chi connectivity index (χ2n) is 10.4. The lowest BCUT2D eigenvalue weighted by atomic mass is 10.6. The maximum Gasteiger partial charge on any atom is 0.0756 e. The van der Waals surface area contributed by atoms with E-state index in [1.165, 1.54) is 25.2 Å². The van der Waals surface area contributed by atoms with E-state index < -0.39 is 16.1 Å². The van der Waals surface area contributed by atoms with Crippen molar-refractivity contribution in [3.63, 3.8) is 0 Å². The van der Waals surface area contributed by atoms with E-state index in [0.717, 1.165) is 8.97 Å². The third-order valence-corrected chi connectivity index (χ3v) is 11.3. The Morgan fingerprint density at radius 3 is 0.950 bits per heavy atom. The van der Waals surface area contributed by atoms with Crippen molar-refractivity contribution in [1.82, 2.24) is 0 Å². The molecule has 20 heavy (non-hydrogen) atoms. The third-order valence-electron chi connectivity index (χ3n) is 4.40. The van der Waals surface area contributed by atoms with E-state index in [1.54, 1.807) is 12.1 Å². The van der Waals surface area contributed by atoms with Crippen LogP contribution in [-0.4, -0.2) is 80.5 Å². The molecule has 0 aliphatic carbocycles. The predicted molar refractivity (Wildman–Crippen MR) is 100.0 cm³/mol. The minimum Gasteiger partial charge on any atom is -0.331 e. The Morgan fingerprint density at radius 1 is 0.500 bits per heavy atom. The molecule has 0 aromatic carbocycles. The molecule has 0 spiro atoms. The van der Waals surface area contributed by atoms with Gasteiger partial charge in [0.05, 0.1) is 71.5 Å². The molecule has 4 heteroatoms. The fourth-order valence-electron chi connectivity index (χ4n) is 2.20. The summed E-state index contributed by atoms with van der Waals surface area (Å²) >= 11 is 0. The van der Waals surface area contributed by atoms with Gasteiger partial charge in [-0.3, -0.25) is 0 Å². The van der Waals surface area contributed by atoms with Crippen LogP contribution in [0, 0.1) is 0 Å². The molecule has 0 aromatic rings. The van der Waals surface area contributed by atoms with E-state index in [-0.39, 0.29) is 0 Å². The molecule has 2 nitrogen and oxygen atoms in total. The highest BCUT2D eigenvalue weighted by Gasteiger charge is 2.29. The molecule has 0 amide bonds. The lowest BCUT2D eigenvalue weighted by molar-refractivity contribution is -0.868. The molecule has 0 saturated carbocycles. The van der Waals surface area contributed by atoms with E-state index in [4.69, 9.17) is 0 Å². The van der Waals surface area contributed by atoms with Gasteiger partial charge in [-0.1, -0.05) is 38.3 Å². The molecule has 0 saturated heterocycles. The van der Waals surface area contributed by atoms with E-state index in [0.29, 0.717) is 0 Å². The van der Waals surface area contributed by atoms with Crippen LogP contribution in [-0.2, 0) is 0 Å². The molecule has 0 unspecified atom stereocenters. The summed E-state index contributed by atoms with van der Waals surface area (Å²) in [6.45, 7) is 13.1. The van der Waals surface area contributed by atoms with Gasteiger partial charge in [0.25, 0.3) is 0 Å². The summed E-state index contributed by atoms with van der Waals surface area (Å²) in [5.74, 6) is 0. The van der Waals surface area contributed by atoms with Gasteiger partial charge in [0, 0.05) is 0 Å². The zero-order chi connectivity index (χ0) is 16.2. The van der Waals surface area contributed by atoms with Gasteiger partial charge in [0.15, 0.2) is 0 Å². The van der Waals surface area contributed by atoms with Crippen LogP contribution >= 0.6 is 0 Å². The van der Waals surface area contributed by atoms with Crippen molar-refractivity contribution < 1.29 is 8.97 Å². The average Bonchev–Trinajstić information content (AvgIpc) is 2.20. The van der Waals surface area contributed by atoms with Crippen molar-refractivity contribution in [3.05, 3.63) is 0 Å². The minimum absolute atomic E-state index is 0.984. The number of rotatable bonds is 9. The molecule has 0 aliphatic rings. The lowest BCUT2D eigenvalue weighted by Crippen LogP contribution is -2.42. The SMILES string of the molecule is C[N+](C)(C)CC[Si](C)(C)CC[Si](C)(C)CC[N+](C)(C)C. The predicted octanol–water partition coefficient (Wildman–Crippen LogP) is 3.82. The topological polar surface area (TPSA) is 0 Å². The van der Waals surface area contributed by atoms with Gasteiger partial charge in [-0.05, 0) is 12.1 Å². The van der Waals surface area contributed by atoms with E-state index in [9.17, 15) is 0 Å². The number of quaternary nitrogens is 2. The first kappa shape index (κ1) is 20.4. The summed E-state index contributed by atoms with van der Waals surface area (Å²) in [6.07, 6.45) is 0. The Labute approximate surface area is 131 Å². The molecule has 0 atom stereocenters. The van der Waals surface area contributed by atoms with Gasteiger partial charge >= 0.3 is 0 Å². The molecule has 0 rings (SSSR count). The lowest BCUT2D eigenvalue weighted by Gasteiger charge is -2.33. The Bertz CT molecular complexity index is 256. The van der Waals surface area contributed by atoms with Gasteiger partial charge in [-0.15, -0.1) is 0 Å². The molecule has 0 heterocycles. The average molecular weight is 319 g/mol. The summed E-state index contributed by atoms with van der Waals surface area (Å²) in [5.41, 5.74) is 0. The molecule has 122 valence electrons. The largest absolute Gasteiger partial charge is 0.331 e. The molecule has 0 N–H and O–H groups in total. The van der Waals surface area contributed by atoms with Crippen molar-refractivity contribution >= 4 is 16.1 Å². The molecule has 0 radical (unpaired) electrons. The summed E-state index contributed by atoms with van der Waals surface area (Å²) < 4.78 is 2.25. The first-order valence-electron chi connectivity index (χ1n) is 8.23. The van der Waals surface area contributed by atoms with Crippen LogP contribution in [0.3, 0.4) is 0 Å². The second-order valence-corrected chi connectivity index (χ2v) is 21.0.